The van der Waals surface area contributed by atoms with Crippen LogP contribution in [0.3, 0.4) is 0 Å². The molecule has 0 aromatic carbocycles. The first-order valence-electron chi connectivity index (χ1n) is 8.22. The van der Waals surface area contributed by atoms with Crippen LogP contribution >= 0.6 is 11.6 Å². The minimum atomic E-state index is -3.47. The summed E-state index contributed by atoms with van der Waals surface area (Å²) in [7, 11) is 0. The number of rotatable bonds is 5. The summed E-state index contributed by atoms with van der Waals surface area (Å²) >= 11 is 5.00. The Morgan fingerprint density at radius 2 is 1.90 bits per heavy atom. The first-order valence-corrected chi connectivity index (χ1v) is 8.60. The molecule has 0 heterocycles. The van der Waals surface area contributed by atoms with Crippen LogP contribution in [0.1, 0.15) is 64.7 Å². The third kappa shape index (κ3) is 4.06. The van der Waals surface area contributed by atoms with Crippen LogP contribution in [0.2, 0.25) is 0 Å². The molecular weight excluding hydrogens is 294 g/mol. The molecule has 1 fully saturated rings. The molecule has 1 saturated carbocycles. The van der Waals surface area contributed by atoms with Crippen molar-refractivity contribution in [1.29, 1.82) is 0 Å². The minimum absolute atomic E-state index is 0.0709. The van der Waals surface area contributed by atoms with Crippen molar-refractivity contribution in [2.45, 2.75) is 70.6 Å². The highest BCUT2D eigenvalue weighted by molar-refractivity contribution is 6.65. The first-order chi connectivity index (χ1) is 9.95. The van der Waals surface area contributed by atoms with Crippen LogP contribution < -0.4 is 0 Å². The predicted octanol–water partition coefficient (Wildman–Crippen LogP) is 5.72. The van der Waals surface area contributed by atoms with E-state index in [0.29, 0.717) is 24.7 Å². The molecule has 1 atom stereocenters. The second-order valence-corrected chi connectivity index (χ2v) is 7.02. The van der Waals surface area contributed by atoms with Crippen LogP contribution in [0.5, 0.6) is 0 Å². The quantitative estimate of drug-likeness (QED) is 0.468. The zero-order valence-corrected chi connectivity index (χ0v) is 13.5. The Hall–Kier alpha value is -0.440. The van der Waals surface area contributed by atoms with Crippen LogP contribution in [0.15, 0.2) is 11.6 Å². The van der Waals surface area contributed by atoms with E-state index in [1.807, 2.05) is 0 Å². The number of alkyl halides is 2. The molecule has 0 radical (unpaired) electrons. The Morgan fingerprint density at radius 3 is 2.38 bits per heavy atom. The van der Waals surface area contributed by atoms with Gasteiger partial charge < -0.3 is 0 Å². The molecule has 0 aliphatic heterocycles. The van der Waals surface area contributed by atoms with E-state index in [2.05, 4.69) is 6.92 Å². The van der Waals surface area contributed by atoms with Crippen LogP contribution in [0.4, 0.5) is 8.78 Å². The lowest BCUT2D eigenvalue weighted by molar-refractivity contribution is -0.129. The highest BCUT2D eigenvalue weighted by atomic mass is 35.5. The summed E-state index contributed by atoms with van der Waals surface area (Å²) in [5.74, 6) is -1.40. The number of halogens is 3. The monoisotopic (exact) mass is 318 g/mol. The van der Waals surface area contributed by atoms with Crippen molar-refractivity contribution in [1.82, 2.24) is 0 Å². The van der Waals surface area contributed by atoms with Gasteiger partial charge in [0.05, 0.1) is 0 Å². The molecule has 2 aliphatic rings. The number of carbonyl (C=O) groups is 1. The van der Waals surface area contributed by atoms with Gasteiger partial charge in [0.25, 0.3) is 5.24 Å². The SMILES string of the molecule is CCCC1CCC(C2CC=C(C(F)(F)C(=O)Cl)CC2)CC1. The Morgan fingerprint density at radius 1 is 1.24 bits per heavy atom. The summed E-state index contributed by atoms with van der Waals surface area (Å²) in [5.41, 5.74) is -0.0709. The zero-order chi connectivity index (χ0) is 15.5. The summed E-state index contributed by atoms with van der Waals surface area (Å²) in [4.78, 5) is 10.8. The number of hydrogen-bond acceptors (Lipinski definition) is 1. The van der Waals surface area contributed by atoms with E-state index in [9.17, 15) is 13.6 Å². The van der Waals surface area contributed by atoms with E-state index in [-0.39, 0.29) is 5.57 Å². The maximum Gasteiger partial charge on any atom is 0.341 e. The molecular formula is C17H25ClF2O. The van der Waals surface area contributed by atoms with Gasteiger partial charge in [-0.15, -0.1) is 0 Å². The summed E-state index contributed by atoms with van der Waals surface area (Å²) in [6.45, 7) is 2.23. The molecule has 4 heteroatoms. The van der Waals surface area contributed by atoms with Crippen LogP contribution in [0.25, 0.3) is 0 Å². The molecule has 0 saturated heterocycles. The molecule has 0 aromatic rings. The molecule has 0 aromatic heterocycles. The molecule has 2 aliphatic carbocycles. The maximum atomic E-state index is 13.6. The van der Waals surface area contributed by atoms with Crippen molar-refractivity contribution in [3.8, 4) is 0 Å². The Bertz CT molecular complexity index is 398. The van der Waals surface area contributed by atoms with Gasteiger partial charge in [-0.1, -0.05) is 38.7 Å². The van der Waals surface area contributed by atoms with Crippen molar-refractivity contribution in [2.75, 3.05) is 0 Å². The second kappa shape index (κ2) is 7.21. The van der Waals surface area contributed by atoms with E-state index < -0.39 is 11.2 Å². The van der Waals surface area contributed by atoms with Gasteiger partial charge in [0.1, 0.15) is 0 Å². The average Bonchev–Trinajstić information content (AvgIpc) is 2.48. The average molecular weight is 319 g/mol. The standard InChI is InChI=1S/C17H25ClF2O/c1-2-3-12-4-6-13(7-5-12)14-8-10-15(11-9-14)17(19,20)16(18)21/h10,12-14H,2-9,11H2,1H3. The molecule has 0 bridgehead atoms. The summed E-state index contributed by atoms with van der Waals surface area (Å²) in [6.07, 6.45) is 11.0. The van der Waals surface area contributed by atoms with E-state index in [0.717, 1.165) is 12.3 Å². The maximum absolute atomic E-state index is 13.6. The Balaban J connectivity index is 1.87. The number of hydrogen-bond donors (Lipinski definition) is 0. The number of carbonyl (C=O) groups excluding carboxylic acids is 1. The smallest absolute Gasteiger partial charge is 0.274 e. The van der Waals surface area contributed by atoms with Crippen LogP contribution in [-0.2, 0) is 4.79 Å². The third-order valence-electron chi connectivity index (χ3n) is 5.36. The van der Waals surface area contributed by atoms with Gasteiger partial charge in [0, 0.05) is 5.57 Å². The van der Waals surface area contributed by atoms with E-state index in [1.54, 1.807) is 6.08 Å². The largest absolute Gasteiger partial charge is 0.341 e. The second-order valence-electron chi connectivity index (χ2n) is 6.68. The fourth-order valence-corrected chi connectivity index (χ4v) is 4.17. The molecule has 0 amide bonds. The molecule has 0 spiro atoms. The van der Waals surface area contributed by atoms with Crippen molar-refractivity contribution < 1.29 is 13.6 Å². The Labute approximate surface area is 131 Å². The highest BCUT2D eigenvalue weighted by Gasteiger charge is 2.43. The van der Waals surface area contributed by atoms with E-state index in [4.69, 9.17) is 11.6 Å². The van der Waals surface area contributed by atoms with Gasteiger partial charge in [-0.25, -0.2) is 0 Å². The molecule has 120 valence electrons. The lowest BCUT2D eigenvalue weighted by atomic mass is 9.70. The molecule has 1 unspecified atom stereocenters. The lowest BCUT2D eigenvalue weighted by Gasteiger charge is -2.36. The van der Waals surface area contributed by atoms with Gasteiger partial charge in [-0.2, -0.15) is 8.78 Å². The topological polar surface area (TPSA) is 17.1 Å². The highest BCUT2D eigenvalue weighted by Crippen LogP contribution is 2.43. The van der Waals surface area contributed by atoms with Gasteiger partial charge in [0.15, 0.2) is 0 Å². The van der Waals surface area contributed by atoms with Crippen LogP contribution in [0, 0.1) is 17.8 Å². The first kappa shape index (κ1) is 16.9. The predicted molar refractivity (Wildman–Crippen MR) is 81.6 cm³/mol. The number of allylic oxidation sites excluding steroid dienone is 2. The van der Waals surface area contributed by atoms with Crippen molar-refractivity contribution in [3.63, 3.8) is 0 Å². The van der Waals surface area contributed by atoms with E-state index in [1.165, 1.54) is 38.5 Å². The summed E-state index contributed by atoms with van der Waals surface area (Å²) < 4.78 is 27.2. The van der Waals surface area contributed by atoms with Gasteiger partial charge in [-0.3, -0.25) is 4.79 Å². The van der Waals surface area contributed by atoms with Crippen molar-refractivity contribution in [3.05, 3.63) is 11.6 Å². The van der Waals surface area contributed by atoms with Gasteiger partial charge in [-0.05, 0) is 61.5 Å². The summed E-state index contributed by atoms with van der Waals surface area (Å²) in [6, 6.07) is 0. The lowest BCUT2D eigenvalue weighted by Crippen LogP contribution is -2.30. The van der Waals surface area contributed by atoms with E-state index >= 15 is 0 Å². The minimum Gasteiger partial charge on any atom is -0.274 e. The fraction of sp³-hybridized carbons (Fsp3) is 0.824. The fourth-order valence-electron chi connectivity index (χ4n) is 4.05. The summed E-state index contributed by atoms with van der Waals surface area (Å²) in [5, 5.41) is -1.55. The van der Waals surface area contributed by atoms with Crippen LogP contribution in [-0.4, -0.2) is 11.2 Å². The van der Waals surface area contributed by atoms with Gasteiger partial charge >= 0.3 is 5.92 Å². The van der Waals surface area contributed by atoms with Crippen molar-refractivity contribution >= 4 is 16.8 Å². The molecule has 0 N–H and O–H groups in total. The molecule has 21 heavy (non-hydrogen) atoms. The van der Waals surface area contributed by atoms with Gasteiger partial charge in [0.2, 0.25) is 0 Å². The normalized spacial score (nSPS) is 30.9. The molecule has 1 nitrogen and oxygen atoms in total. The third-order valence-corrected chi connectivity index (χ3v) is 5.59. The molecule has 2 rings (SSSR count). The zero-order valence-electron chi connectivity index (χ0n) is 12.7. The van der Waals surface area contributed by atoms with Crippen molar-refractivity contribution in [2.24, 2.45) is 17.8 Å². The Kier molecular flexibility index (Phi) is 5.81.